The number of allylic oxidation sites excluding steroid dienone is 2. The number of carbonyl (C=O) groups excluding carboxylic acids is 2. The van der Waals surface area contributed by atoms with E-state index in [4.69, 9.17) is 23.2 Å². The second-order valence-corrected chi connectivity index (χ2v) is 3.10. The van der Waals surface area contributed by atoms with Gasteiger partial charge in [-0.2, -0.15) is 0 Å². The van der Waals surface area contributed by atoms with Crippen molar-refractivity contribution in [2.45, 2.75) is 25.7 Å². The van der Waals surface area contributed by atoms with E-state index in [1.54, 1.807) is 0 Å². The molecular weight excluding hydrogens is 199 g/mol. The SMILES string of the molecule is O=C(Cl)CC/C=C\CCC(=O)Cl. The van der Waals surface area contributed by atoms with Gasteiger partial charge < -0.3 is 0 Å². The van der Waals surface area contributed by atoms with Gasteiger partial charge in [-0.25, -0.2) is 0 Å². The van der Waals surface area contributed by atoms with E-state index in [1.807, 2.05) is 12.2 Å². The Morgan fingerprint density at radius 1 is 0.917 bits per heavy atom. The largest absolute Gasteiger partial charge is 0.281 e. The van der Waals surface area contributed by atoms with E-state index in [2.05, 4.69) is 0 Å². The number of hydrogen-bond donors (Lipinski definition) is 0. The first-order valence-electron chi connectivity index (χ1n) is 3.64. The van der Waals surface area contributed by atoms with Crippen LogP contribution in [0.3, 0.4) is 0 Å². The Kier molecular flexibility index (Phi) is 7.11. The van der Waals surface area contributed by atoms with Crippen LogP contribution >= 0.6 is 23.2 Å². The Balaban J connectivity index is 3.26. The molecule has 0 aromatic heterocycles. The van der Waals surface area contributed by atoms with Gasteiger partial charge in [0.25, 0.3) is 0 Å². The van der Waals surface area contributed by atoms with Crippen LogP contribution in [0.4, 0.5) is 0 Å². The average Bonchev–Trinajstić information content (AvgIpc) is 1.95. The monoisotopic (exact) mass is 208 g/mol. The molecule has 0 aliphatic carbocycles. The Morgan fingerprint density at radius 3 is 1.50 bits per heavy atom. The Morgan fingerprint density at radius 2 is 1.25 bits per heavy atom. The summed E-state index contributed by atoms with van der Waals surface area (Å²) in [7, 11) is 0. The zero-order chi connectivity index (χ0) is 9.40. The molecule has 0 saturated carbocycles. The maximum Gasteiger partial charge on any atom is 0.221 e. The molecule has 0 heterocycles. The summed E-state index contributed by atoms with van der Waals surface area (Å²) in [6, 6.07) is 0. The number of halogens is 2. The van der Waals surface area contributed by atoms with Gasteiger partial charge in [-0.15, -0.1) is 0 Å². The van der Waals surface area contributed by atoms with Crippen LogP contribution in [0.15, 0.2) is 12.2 Å². The molecule has 0 saturated heterocycles. The fraction of sp³-hybridized carbons (Fsp3) is 0.500. The van der Waals surface area contributed by atoms with Crippen LogP contribution < -0.4 is 0 Å². The summed E-state index contributed by atoms with van der Waals surface area (Å²) in [5, 5.41) is -0.680. The van der Waals surface area contributed by atoms with Crippen LogP contribution in [0, 0.1) is 0 Å². The molecule has 68 valence electrons. The molecule has 0 aliphatic rings. The van der Waals surface area contributed by atoms with Crippen molar-refractivity contribution in [2.24, 2.45) is 0 Å². The fourth-order valence-corrected chi connectivity index (χ4v) is 0.848. The minimum Gasteiger partial charge on any atom is -0.281 e. The van der Waals surface area contributed by atoms with E-state index in [9.17, 15) is 9.59 Å². The van der Waals surface area contributed by atoms with Crippen LogP contribution in [0.5, 0.6) is 0 Å². The van der Waals surface area contributed by atoms with Crippen molar-refractivity contribution in [1.82, 2.24) is 0 Å². The van der Waals surface area contributed by atoms with Gasteiger partial charge in [0.15, 0.2) is 0 Å². The van der Waals surface area contributed by atoms with Gasteiger partial charge in [0.2, 0.25) is 10.5 Å². The molecule has 0 N–H and O–H groups in total. The molecule has 0 radical (unpaired) electrons. The van der Waals surface area contributed by atoms with Crippen LogP contribution in [0.25, 0.3) is 0 Å². The summed E-state index contributed by atoms with van der Waals surface area (Å²) < 4.78 is 0. The summed E-state index contributed by atoms with van der Waals surface area (Å²) in [5.41, 5.74) is 0. The lowest BCUT2D eigenvalue weighted by Gasteiger charge is -1.87. The van der Waals surface area contributed by atoms with Crippen molar-refractivity contribution in [1.29, 1.82) is 0 Å². The lowest BCUT2D eigenvalue weighted by Crippen LogP contribution is -1.84. The van der Waals surface area contributed by atoms with Gasteiger partial charge in [0, 0.05) is 12.8 Å². The maximum atomic E-state index is 10.2. The topological polar surface area (TPSA) is 34.1 Å². The number of rotatable bonds is 6. The minimum atomic E-state index is -0.340. The molecule has 0 bridgehead atoms. The van der Waals surface area contributed by atoms with Crippen molar-refractivity contribution in [3.63, 3.8) is 0 Å². The van der Waals surface area contributed by atoms with Crippen molar-refractivity contribution < 1.29 is 9.59 Å². The molecule has 0 fully saturated rings. The predicted octanol–water partition coefficient (Wildman–Crippen LogP) is 2.63. The molecule has 0 spiro atoms. The smallest absolute Gasteiger partial charge is 0.221 e. The molecule has 0 aromatic carbocycles. The molecule has 0 aliphatic heterocycles. The highest BCUT2D eigenvalue weighted by Crippen LogP contribution is 1.99. The summed E-state index contributed by atoms with van der Waals surface area (Å²) in [5.74, 6) is 0. The van der Waals surface area contributed by atoms with Crippen molar-refractivity contribution in [3.05, 3.63) is 12.2 Å². The quantitative estimate of drug-likeness (QED) is 0.497. The van der Waals surface area contributed by atoms with E-state index >= 15 is 0 Å². The fourth-order valence-electron chi connectivity index (χ4n) is 0.629. The third kappa shape index (κ3) is 9.66. The van der Waals surface area contributed by atoms with Gasteiger partial charge in [-0.3, -0.25) is 9.59 Å². The highest BCUT2D eigenvalue weighted by molar-refractivity contribution is 6.63. The zero-order valence-electron chi connectivity index (χ0n) is 6.56. The molecule has 12 heavy (non-hydrogen) atoms. The third-order valence-electron chi connectivity index (χ3n) is 1.18. The first kappa shape index (κ1) is 11.7. The van der Waals surface area contributed by atoms with Crippen molar-refractivity contribution in [3.8, 4) is 0 Å². The summed E-state index contributed by atoms with van der Waals surface area (Å²) in [6.45, 7) is 0. The van der Waals surface area contributed by atoms with Gasteiger partial charge in [-0.1, -0.05) is 12.2 Å². The van der Waals surface area contributed by atoms with E-state index in [0.717, 1.165) is 0 Å². The highest BCUT2D eigenvalue weighted by Gasteiger charge is 1.93. The second kappa shape index (κ2) is 7.32. The first-order valence-corrected chi connectivity index (χ1v) is 4.40. The summed E-state index contributed by atoms with van der Waals surface area (Å²) >= 11 is 10.2. The van der Waals surface area contributed by atoms with Crippen LogP contribution in [0.2, 0.25) is 0 Å². The van der Waals surface area contributed by atoms with Crippen LogP contribution in [0.1, 0.15) is 25.7 Å². The number of hydrogen-bond acceptors (Lipinski definition) is 2. The highest BCUT2D eigenvalue weighted by atomic mass is 35.5. The summed E-state index contributed by atoms with van der Waals surface area (Å²) in [4.78, 5) is 20.5. The lowest BCUT2D eigenvalue weighted by molar-refractivity contribution is -0.112. The standard InChI is InChI=1S/C8H10Cl2O2/c9-7(11)5-3-1-2-4-6-8(10)12/h1-2H,3-6H2/b2-1-. The normalized spacial score (nSPS) is 10.5. The van der Waals surface area contributed by atoms with Gasteiger partial charge in [-0.05, 0) is 36.0 Å². The molecule has 0 amide bonds. The Labute approximate surface area is 81.5 Å². The molecule has 0 atom stereocenters. The van der Waals surface area contributed by atoms with E-state index in [1.165, 1.54) is 0 Å². The molecule has 0 aromatic rings. The van der Waals surface area contributed by atoms with Crippen molar-refractivity contribution in [2.75, 3.05) is 0 Å². The lowest BCUT2D eigenvalue weighted by atomic mass is 10.2. The Hall–Kier alpha value is -0.340. The van der Waals surface area contributed by atoms with Crippen LogP contribution in [-0.4, -0.2) is 10.5 Å². The average molecular weight is 209 g/mol. The third-order valence-corrected chi connectivity index (χ3v) is 1.56. The molecule has 0 rings (SSSR count). The van der Waals surface area contributed by atoms with E-state index < -0.39 is 0 Å². The second-order valence-electron chi connectivity index (χ2n) is 2.26. The minimum absolute atomic E-state index is 0.340. The number of carbonyl (C=O) groups is 2. The van der Waals surface area contributed by atoms with Crippen LogP contribution in [-0.2, 0) is 9.59 Å². The van der Waals surface area contributed by atoms with E-state index in [0.29, 0.717) is 25.7 Å². The molecule has 4 heteroatoms. The maximum absolute atomic E-state index is 10.2. The zero-order valence-corrected chi connectivity index (χ0v) is 8.07. The van der Waals surface area contributed by atoms with Gasteiger partial charge in [0.05, 0.1) is 0 Å². The molecule has 0 unspecified atom stereocenters. The Bertz CT molecular complexity index is 167. The van der Waals surface area contributed by atoms with Gasteiger partial charge >= 0.3 is 0 Å². The van der Waals surface area contributed by atoms with E-state index in [-0.39, 0.29) is 10.5 Å². The molecular formula is C8H10Cl2O2. The predicted molar refractivity (Wildman–Crippen MR) is 49.3 cm³/mol. The summed E-state index contributed by atoms with van der Waals surface area (Å²) in [6.07, 6.45) is 5.57. The first-order chi connectivity index (χ1) is 5.63. The van der Waals surface area contributed by atoms with Gasteiger partial charge in [0.1, 0.15) is 0 Å². The molecule has 2 nitrogen and oxygen atoms in total. The van der Waals surface area contributed by atoms with Crippen molar-refractivity contribution >= 4 is 33.7 Å².